The molecule has 3 aromatic rings. The fourth-order valence-electron chi connectivity index (χ4n) is 2.36. The molecule has 116 valence electrons. The lowest BCUT2D eigenvalue weighted by Gasteiger charge is -2.16. The lowest BCUT2D eigenvalue weighted by molar-refractivity contribution is 0.0598. The highest BCUT2D eigenvalue weighted by Crippen LogP contribution is 2.44. The second kappa shape index (κ2) is 6.18. The Bertz CT molecular complexity index is 875. The molecule has 23 heavy (non-hydrogen) atoms. The highest BCUT2D eigenvalue weighted by atomic mass is 35.5. The van der Waals surface area contributed by atoms with Crippen LogP contribution in [0.5, 0.6) is 17.2 Å². The Morgan fingerprint density at radius 2 is 1.61 bits per heavy atom. The van der Waals surface area contributed by atoms with Crippen LogP contribution in [0.4, 0.5) is 0 Å². The zero-order chi connectivity index (χ0) is 16.4. The Balaban J connectivity index is 2.32. The largest absolute Gasteiger partial charge is 0.506 e. The predicted octanol–water partition coefficient (Wildman–Crippen LogP) is 4.78. The maximum atomic E-state index is 12.1. The maximum absolute atomic E-state index is 12.1. The van der Waals surface area contributed by atoms with Gasteiger partial charge in [-0.1, -0.05) is 54.1 Å². The maximum Gasteiger partial charge on any atom is 0.343 e. The summed E-state index contributed by atoms with van der Waals surface area (Å²) >= 11 is 6.19. The Morgan fingerprint density at radius 3 is 2.26 bits per heavy atom. The van der Waals surface area contributed by atoms with Crippen LogP contribution in [0.1, 0.15) is 10.4 Å². The molecule has 0 aliphatic heterocycles. The van der Waals surface area contributed by atoms with E-state index in [-0.39, 0.29) is 22.1 Å². The molecule has 5 heteroatoms. The first-order valence-corrected chi connectivity index (χ1v) is 7.25. The number of fused-ring (bicyclic) bond motifs is 1. The molecular formula is C18H13ClO4. The lowest BCUT2D eigenvalue weighted by atomic mass is 10.0. The highest BCUT2D eigenvalue weighted by molar-refractivity contribution is 6.37. The molecule has 4 nitrogen and oxygen atoms in total. The number of ether oxygens (including phenoxy) is 2. The van der Waals surface area contributed by atoms with Crippen LogP contribution >= 0.6 is 11.6 Å². The average Bonchev–Trinajstić information content (AvgIpc) is 2.60. The van der Waals surface area contributed by atoms with Gasteiger partial charge in [0.05, 0.1) is 7.11 Å². The zero-order valence-corrected chi connectivity index (χ0v) is 13.0. The summed E-state index contributed by atoms with van der Waals surface area (Å²) in [5.74, 6) is -0.0592. The number of carbonyl (C=O) groups is 1. The van der Waals surface area contributed by atoms with Crippen molar-refractivity contribution in [2.75, 3.05) is 7.11 Å². The molecule has 0 spiro atoms. The number of halogens is 1. The summed E-state index contributed by atoms with van der Waals surface area (Å²) in [5.41, 5.74) is -0.00535. The van der Waals surface area contributed by atoms with Crippen LogP contribution in [0.15, 0.2) is 54.6 Å². The van der Waals surface area contributed by atoms with Gasteiger partial charge in [0, 0.05) is 10.8 Å². The smallest absolute Gasteiger partial charge is 0.343 e. The van der Waals surface area contributed by atoms with Gasteiger partial charge in [-0.2, -0.15) is 0 Å². The quantitative estimate of drug-likeness (QED) is 0.703. The Morgan fingerprint density at radius 1 is 1.00 bits per heavy atom. The Hall–Kier alpha value is -2.72. The fraction of sp³-hybridized carbons (Fsp3) is 0.0556. The van der Waals surface area contributed by atoms with E-state index in [1.165, 1.54) is 7.11 Å². The summed E-state index contributed by atoms with van der Waals surface area (Å²) in [7, 11) is 1.25. The molecule has 0 fully saturated rings. The molecule has 1 N–H and O–H groups in total. The summed E-state index contributed by atoms with van der Waals surface area (Å²) in [6, 6.07) is 16.0. The minimum Gasteiger partial charge on any atom is -0.506 e. The van der Waals surface area contributed by atoms with Crippen molar-refractivity contribution in [2.45, 2.75) is 0 Å². The van der Waals surface area contributed by atoms with Crippen molar-refractivity contribution in [3.8, 4) is 17.2 Å². The molecule has 0 saturated heterocycles. The second-order valence-electron chi connectivity index (χ2n) is 4.82. The molecule has 0 bridgehead atoms. The van der Waals surface area contributed by atoms with Gasteiger partial charge in [0.25, 0.3) is 0 Å². The number of benzene rings is 3. The third-order valence-corrected chi connectivity index (χ3v) is 3.80. The van der Waals surface area contributed by atoms with Crippen molar-refractivity contribution in [3.63, 3.8) is 0 Å². The van der Waals surface area contributed by atoms with E-state index in [2.05, 4.69) is 0 Å². The van der Waals surface area contributed by atoms with Crippen LogP contribution in [0.2, 0.25) is 5.02 Å². The number of hydrogen-bond donors (Lipinski definition) is 1. The molecule has 0 aliphatic carbocycles. The fourth-order valence-corrected chi connectivity index (χ4v) is 2.62. The van der Waals surface area contributed by atoms with Gasteiger partial charge in [-0.05, 0) is 12.1 Å². The summed E-state index contributed by atoms with van der Waals surface area (Å²) in [6.07, 6.45) is 0. The molecule has 0 radical (unpaired) electrons. The van der Waals surface area contributed by atoms with Crippen LogP contribution in [0, 0.1) is 0 Å². The Kier molecular flexibility index (Phi) is 4.08. The predicted molar refractivity (Wildman–Crippen MR) is 88.5 cm³/mol. The van der Waals surface area contributed by atoms with E-state index in [1.807, 2.05) is 18.2 Å². The minimum absolute atomic E-state index is 0.00535. The highest BCUT2D eigenvalue weighted by Gasteiger charge is 2.25. The van der Waals surface area contributed by atoms with Gasteiger partial charge >= 0.3 is 5.97 Å². The van der Waals surface area contributed by atoms with Crippen molar-refractivity contribution in [1.29, 1.82) is 0 Å². The summed E-state index contributed by atoms with van der Waals surface area (Å²) in [5, 5.41) is 11.2. The van der Waals surface area contributed by atoms with E-state index in [0.29, 0.717) is 16.5 Å². The zero-order valence-electron chi connectivity index (χ0n) is 12.2. The van der Waals surface area contributed by atoms with Gasteiger partial charge in [-0.15, -0.1) is 0 Å². The molecule has 0 aliphatic rings. The first-order chi connectivity index (χ1) is 11.1. The van der Waals surface area contributed by atoms with Gasteiger partial charge in [-0.3, -0.25) is 0 Å². The van der Waals surface area contributed by atoms with Crippen LogP contribution < -0.4 is 4.74 Å². The van der Waals surface area contributed by atoms with E-state index < -0.39 is 5.97 Å². The third kappa shape index (κ3) is 2.69. The molecule has 0 saturated carbocycles. The van der Waals surface area contributed by atoms with Gasteiger partial charge in [0.1, 0.15) is 22.1 Å². The number of carbonyl (C=O) groups excluding carboxylic acids is 1. The van der Waals surface area contributed by atoms with Crippen LogP contribution in [0.3, 0.4) is 0 Å². The minimum atomic E-state index is -0.679. The topological polar surface area (TPSA) is 55.8 Å². The molecular weight excluding hydrogens is 316 g/mol. The van der Waals surface area contributed by atoms with Crippen LogP contribution in [-0.2, 0) is 4.74 Å². The first kappa shape index (κ1) is 15.2. The average molecular weight is 329 g/mol. The molecule has 0 atom stereocenters. The number of phenols is 1. The second-order valence-corrected chi connectivity index (χ2v) is 5.20. The van der Waals surface area contributed by atoms with Gasteiger partial charge in [0.15, 0.2) is 5.75 Å². The van der Waals surface area contributed by atoms with Crippen molar-refractivity contribution >= 4 is 28.3 Å². The molecule has 0 amide bonds. The van der Waals surface area contributed by atoms with Crippen molar-refractivity contribution < 1.29 is 19.4 Å². The van der Waals surface area contributed by atoms with Crippen LogP contribution in [0.25, 0.3) is 10.8 Å². The van der Waals surface area contributed by atoms with Crippen molar-refractivity contribution in [3.05, 3.63) is 65.2 Å². The van der Waals surface area contributed by atoms with Gasteiger partial charge < -0.3 is 14.6 Å². The molecule has 3 aromatic carbocycles. The molecule has 3 rings (SSSR count). The summed E-state index contributed by atoms with van der Waals surface area (Å²) in [4.78, 5) is 12.1. The van der Waals surface area contributed by atoms with E-state index in [1.54, 1.807) is 36.4 Å². The number of rotatable bonds is 3. The summed E-state index contributed by atoms with van der Waals surface area (Å²) < 4.78 is 10.7. The summed E-state index contributed by atoms with van der Waals surface area (Å²) in [6.45, 7) is 0. The SMILES string of the molecule is COC(=O)c1c(Cl)c(O)c2ccccc2c1Oc1ccccc1. The van der Waals surface area contributed by atoms with Crippen molar-refractivity contribution in [1.82, 2.24) is 0 Å². The van der Waals surface area contributed by atoms with Crippen molar-refractivity contribution in [2.24, 2.45) is 0 Å². The normalized spacial score (nSPS) is 10.5. The third-order valence-electron chi connectivity index (χ3n) is 3.43. The van der Waals surface area contributed by atoms with E-state index in [0.717, 1.165) is 0 Å². The monoisotopic (exact) mass is 328 g/mol. The first-order valence-electron chi connectivity index (χ1n) is 6.88. The molecule has 0 unspecified atom stereocenters. The number of para-hydroxylation sites is 1. The number of phenolic OH excluding ortho intramolecular Hbond substituents is 1. The number of hydrogen-bond acceptors (Lipinski definition) is 4. The Labute approximate surface area is 137 Å². The van der Waals surface area contributed by atoms with Gasteiger partial charge in [-0.25, -0.2) is 4.79 Å². The van der Waals surface area contributed by atoms with Gasteiger partial charge in [0.2, 0.25) is 0 Å². The number of aromatic hydroxyl groups is 1. The number of esters is 1. The standard InChI is InChI=1S/C18H13ClO4/c1-22-18(21)14-15(19)16(20)12-9-5-6-10-13(12)17(14)23-11-7-3-2-4-8-11/h2-10,20H,1H3. The lowest BCUT2D eigenvalue weighted by Crippen LogP contribution is -2.06. The van der Waals surface area contributed by atoms with E-state index in [4.69, 9.17) is 21.1 Å². The number of methoxy groups -OCH3 is 1. The molecule has 0 heterocycles. The van der Waals surface area contributed by atoms with E-state index >= 15 is 0 Å². The van der Waals surface area contributed by atoms with E-state index in [9.17, 15) is 9.90 Å². The van der Waals surface area contributed by atoms with Crippen LogP contribution in [-0.4, -0.2) is 18.2 Å². The molecule has 0 aromatic heterocycles.